The number of alkyl halides is 1. The molecule has 1 aliphatic carbocycles. The topological polar surface area (TPSA) is 100 Å². The average molecular weight is 921 g/mol. The number of carbonyl (C=O) groups is 3. The fourth-order valence-electron chi connectivity index (χ4n) is 8.15. The molecule has 0 spiro atoms. The van der Waals surface area contributed by atoms with Crippen LogP contribution in [0, 0.1) is 0 Å². The van der Waals surface area contributed by atoms with E-state index in [4.69, 9.17) is 42.1 Å². The van der Waals surface area contributed by atoms with Gasteiger partial charge in [-0.15, -0.1) is 11.6 Å². The summed E-state index contributed by atoms with van der Waals surface area (Å²) < 4.78 is 22.5. The molecule has 10 heteroatoms. The predicted molar refractivity (Wildman–Crippen MR) is 262 cm³/mol. The van der Waals surface area contributed by atoms with Crippen LogP contribution in [0.2, 0.25) is 5.02 Å². The molecule has 0 fully saturated rings. The minimum atomic E-state index is -0.923. The summed E-state index contributed by atoms with van der Waals surface area (Å²) in [6.45, 7) is 3.88. The molecular formula is C56H51Cl2NO7. The van der Waals surface area contributed by atoms with Crippen molar-refractivity contribution in [2.75, 3.05) is 27.4 Å². The molecule has 1 N–H and O–H groups in total. The van der Waals surface area contributed by atoms with E-state index in [-0.39, 0.29) is 30.7 Å². The van der Waals surface area contributed by atoms with Gasteiger partial charge in [-0.05, 0) is 69.3 Å². The number of hydrogen-bond acceptors (Lipinski definition) is 7. The van der Waals surface area contributed by atoms with Gasteiger partial charge in [0.2, 0.25) is 0 Å². The van der Waals surface area contributed by atoms with E-state index in [1.54, 1.807) is 39.3 Å². The highest BCUT2D eigenvalue weighted by molar-refractivity contribution is 6.34. The zero-order valence-electron chi connectivity index (χ0n) is 37.3. The van der Waals surface area contributed by atoms with Crippen LogP contribution in [-0.4, -0.2) is 45.1 Å². The van der Waals surface area contributed by atoms with Crippen LogP contribution in [0.3, 0.4) is 0 Å². The number of halogens is 2. The summed E-state index contributed by atoms with van der Waals surface area (Å²) in [7, 11) is 3.16. The molecule has 336 valence electrons. The monoisotopic (exact) mass is 919 g/mol. The van der Waals surface area contributed by atoms with Crippen LogP contribution in [0.5, 0.6) is 17.2 Å². The Kier molecular flexibility index (Phi) is 15.6. The van der Waals surface area contributed by atoms with Gasteiger partial charge in [0.05, 0.1) is 20.3 Å². The van der Waals surface area contributed by atoms with Crippen LogP contribution in [0.1, 0.15) is 88.0 Å². The maximum absolute atomic E-state index is 13.3. The van der Waals surface area contributed by atoms with Gasteiger partial charge in [-0.2, -0.15) is 0 Å². The normalized spacial score (nSPS) is 12.8. The fraction of sp³-hybridized carbons (Fsp3) is 0.196. The van der Waals surface area contributed by atoms with Crippen molar-refractivity contribution in [1.29, 1.82) is 0 Å². The van der Waals surface area contributed by atoms with Gasteiger partial charge >= 0.3 is 6.09 Å². The molecule has 8 rings (SSSR count). The number of fused-ring (bicyclic) bond motifs is 3. The molecule has 66 heavy (non-hydrogen) atoms. The zero-order chi connectivity index (χ0) is 46.6. The van der Waals surface area contributed by atoms with Crippen LogP contribution < -0.4 is 19.5 Å². The van der Waals surface area contributed by atoms with Crippen molar-refractivity contribution in [3.05, 3.63) is 219 Å². The first-order chi connectivity index (χ1) is 32.1. The molecular weight excluding hydrogens is 870 g/mol. The average Bonchev–Trinajstić information content (AvgIpc) is 3.70. The molecule has 0 aliphatic heterocycles. The molecule has 1 amide bonds. The summed E-state index contributed by atoms with van der Waals surface area (Å²) in [6, 6.07) is 53.5. The van der Waals surface area contributed by atoms with E-state index in [0.717, 1.165) is 38.9 Å². The fourth-order valence-corrected chi connectivity index (χ4v) is 8.90. The predicted octanol–water partition coefficient (Wildman–Crippen LogP) is 13.2. The highest BCUT2D eigenvalue weighted by Crippen LogP contribution is 2.46. The van der Waals surface area contributed by atoms with E-state index < -0.39 is 17.0 Å². The van der Waals surface area contributed by atoms with Crippen molar-refractivity contribution in [1.82, 2.24) is 5.32 Å². The Morgan fingerprint density at radius 1 is 0.652 bits per heavy atom. The van der Waals surface area contributed by atoms with Crippen molar-refractivity contribution >= 4 is 40.9 Å². The van der Waals surface area contributed by atoms with Crippen molar-refractivity contribution < 1.29 is 33.3 Å². The largest absolute Gasteiger partial charge is 0.497 e. The maximum Gasteiger partial charge on any atom is 0.407 e. The first kappa shape index (κ1) is 47.1. The van der Waals surface area contributed by atoms with E-state index in [1.165, 1.54) is 11.1 Å². The third-order valence-corrected chi connectivity index (χ3v) is 12.7. The summed E-state index contributed by atoms with van der Waals surface area (Å²) in [6.07, 6.45) is 0.347. The standard InChI is InChI=1S/C34H33NO6.C22H18Cl2O/c1-4-23(36)20-40-24-15-13-22(14-16-24)33(30-18-17-25(38-2)19-32(30)39-3)35-34(37)41-21-31-28-11-7-5-9-26(28)27-10-6-8-12-29(27)31;1-2-21(25)16-12-14-18(15-13-16)22(24,17-8-4-3-5-9-17)19-10-6-7-11-20(19)23/h5-19,31,33H,4,20-21H2,1-3H3,(H,35,37);3-15H,2H2,1H3. The summed E-state index contributed by atoms with van der Waals surface area (Å²) in [5, 5.41) is 3.64. The number of benzene rings is 7. The second kappa shape index (κ2) is 21.9. The Bertz CT molecular complexity index is 2730. The number of amides is 1. The summed E-state index contributed by atoms with van der Waals surface area (Å²) in [4.78, 5) is 36.0. The van der Waals surface area contributed by atoms with E-state index in [2.05, 4.69) is 29.6 Å². The van der Waals surface area contributed by atoms with Crippen LogP contribution in [0.15, 0.2) is 170 Å². The number of Topliss-reactive ketones (excluding diaryl/α,β-unsaturated/α-hetero) is 2. The highest BCUT2D eigenvalue weighted by atomic mass is 35.5. The summed E-state index contributed by atoms with van der Waals surface area (Å²) >= 11 is 13.7. The van der Waals surface area contributed by atoms with E-state index in [1.807, 2.05) is 134 Å². The lowest BCUT2D eigenvalue weighted by atomic mass is 9.83. The minimum absolute atomic E-state index is 0.0174. The molecule has 7 aromatic carbocycles. The zero-order valence-corrected chi connectivity index (χ0v) is 38.8. The van der Waals surface area contributed by atoms with Crippen LogP contribution in [-0.2, 0) is 14.4 Å². The van der Waals surface area contributed by atoms with Crippen LogP contribution in [0.4, 0.5) is 4.79 Å². The molecule has 8 nitrogen and oxygen atoms in total. The van der Waals surface area contributed by atoms with E-state index >= 15 is 0 Å². The van der Waals surface area contributed by atoms with E-state index in [9.17, 15) is 14.4 Å². The number of rotatable bonds is 16. The Balaban J connectivity index is 0.000000221. The molecule has 0 aromatic heterocycles. The number of hydrogen-bond donors (Lipinski definition) is 1. The molecule has 2 unspecified atom stereocenters. The number of alkyl carbamates (subject to hydrolysis) is 1. The second-order valence-corrected chi connectivity index (χ2v) is 16.6. The molecule has 0 saturated carbocycles. The Hall–Kier alpha value is -6.87. The molecule has 0 heterocycles. The number of nitrogens with one attached hydrogen (secondary N) is 1. The molecule has 1 aliphatic rings. The van der Waals surface area contributed by atoms with Gasteiger partial charge in [0, 0.05) is 46.5 Å². The van der Waals surface area contributed by atoms with Crippen molar-refractivity contribution in [2.45, 2.75) is 43.5 Å². The van der Waals surface area contributed by atoms with Gasteiger partial charge in [-0.3, -0.25) is 9.59 Å². The minimum Gasteiger partial charge on any atom is -0.497 e. The number of ketones is 2. The molecule has 2 atom stereocenters. The Morgan fingerprint density at radius 2 is 1.24 bits per heavy atom. The van der Waals surface area contributed by atoms with Crippen molar-refractivity contribution in [3.63, 3.8) is 0 Å². The lowest BCUT2D eigenvalue weighted by Crippen LogP contribution is -2.31. The van der Waals surface area contributed by atoms with Gasteiger partial charge in [0.15, 0.2) is 11.6 Å². The summed E-state index contributed by atoms with van der Waals surface area (Å²) in [5.41, 5.74) is 9.46. The van der Waals surface area contributed by atoms with Gasteiger partial charge in [-0.25, -0.2) is 4.79 Å². The quantitative estimate of drug-likeness (QED) is 0.0585. The maximum atomic E-state index is 13.3. The van der Waals surface area contributed by atoms with Gasteiger partial charge < -0.3 is 24.3 Å². The number of methoxy groups -OCH3 is 2. The van der Waals surface area contributed by atoms with Crippen molar-refractivity contribution in [3.8, 4) is 28.4 Å². The lowest BCUT2D eigenvalue weighted by Gasteiger charge is -2.30. The Labute approximate surface area is 396 Å². The molecule has 0 saturated heterocycles. The second-order valence-electron chi connectivity index (χ2n) is 15.6. The number of carbonyl (C=O) groups excluding carboxylic acids is 3. The molecule has 7 aromatic rings. The third-order valence-electron chi connectivity index (χ3n) is 11.7. The lowest BCUT2D eigenvalue weighted by molar-refractivity contribution is -0.120. The SMILES string of the molecule is CCC(=O)COc1ccc(C(NC(=O)OCC2c3ccccc3-c3ccccc32)c2ccc(OC)cc2OC)cc1.CCC(=O)c1ccc(C(Cl)(c2ccccc2)c2ccccc2Cl)cc1. The van der Waals surface area contributed by atoms with Crippen LogP contribution >= 0.6 is 23.2 Å². The summed E-state index contributed by atoms with van der Waals surface area (Å²) in [5.74, 6) is 1.84. The van der Waals surface area contributed by atoms with E-state index in [0.29, 0.717) is 40.7 Å². The molecule has 0 bridgehead atoms. The highest BCUT2D eigenvalue weighted by Gasteiger charge is 2.36. The van der Waals surface area contributed by atoms with Crippen molar-refractivity contribution in [2.24, 2.45) is 0 Å². The first-order valence-electron chi connectivity index (χ1n) is 21.8. The Morgan fingerprint density at radius 3 is 1.85 bits per heavy atom. The number of ether oxygens (including phenoxy) is 4. The van der Waals surface area contributed by atoms with Gasteiger partial charge in [0.1, 0.15) is 35.3 Å². The molecule has 0 radical (unpaired) electrons. The van der Waals surface area contributed by atoms with Gasteiger partial charge in [-0.1, -0.05) is 159 Å². The first-order valence-corrected chi connectivity index (χ1v) is 22.6. The van der Waals surface area contributed by atoms with Crippen LogP contribution in [0.25, 0.3) is 11.1 Å². The van der Waals surface area contributed by atoms with Gasteiger partial charge in [0.25, 0.3) is 0 Å². The smallest absolute Gasteiger partial charge is 0.407 e. The third kappa shape index (κ3) is 10.5.